The summed E-state index contributed by atoms with van der Waals surface area (Å²) in [4.78, 5) is 10.9. The molecule has 4 heteroatoms. The minimum absolute atomic E-state index is 0.108. The second kappa shape index (κ2) is 6.41. The van der Waals surface area contributed by atoms with Crippen molar-refractivity contribution in [1.29, 1.82) is 5.26 Å². The van der Waals surface area contributed by atoms with E-state index in [1.54, 1.807) is 0 Å². The fourth-order valence-corrected chi connectivity index (χ4v) is 1.99. The third-order valence-electron chi connectivity index (χ3n) is 2.90. The van der Waals surface area contributed by atoms with E-state index in [4.69, 9.17) is 5.26 Å². The largest absolute Gasteiger partial charge is 0.469 e. The van der Waals surface area contributed by atoms with Gasteiger partial charge in [-0.1, -0.05) is 12.8 Å². The summed E-state index contributed by atoms with van der Waals surface area (Å²) in [6, 6.07) is 2.59. The molecule has 0 radical (unpaired) electrons. The van der Waals surface area contributed by atoms with Crippen molar-refractivity contribution in [1.82, 2.24) is 5.32 Å². The highest BCUT2D eigenvalue weighted by molar-refractivity contribution is 5.69. The topological polar surface area (TPSA) is 62.1 Å². The molecule has 1 aliphatic rings. The summed E-state index contributed by atoms with van der Waals surface area (Å²) >= 11 is 0. The molecule has 1 rings (SSSR count). The molecule has 0 spiro atoms. The molecule has 1 fully saturated rings. The maximum atomic E-state index is 10.9. The summed E-state index contributed by atoms with van der Waals surface area (Å²) in [5.74, 6) is -0.0942. The van der Waals surface area contributed by atoms with E-state index in [1.165, 1.54) is 13.5 Å². The molecular weight excluding hydrogens is 192 g/mol. The van der Waals surface area contributed by atoms with Gasteiger partial charge in [-0.3, -0.25) is 4.79 Å². The van der Waals surface area contributed by atoms with Crippen molar-refractivity contribution in [3.8, 4) is 6.07 Å². The lowest BCUT2D eigenvalue weighted by Gasteiger charge is -2.27. The molecular formula is C11H18N2O2. The van der Waals surface area contributed by atoms with Gasteiger partial charge in [-0.2, -0.15) is 5.26 Å². The molecule has 2 atom stereocenters. The molecule has 84 valence electrons. The Morgan fingerprint density at radius 1 is 1.53 bits per heavy atom. The number of carbonyl (C=O) groups is 1. The first-order chi connectivity index (χ1) is 7.27. The first-order valence-corrected chi connectivity index (χ1v) is 5.47. The normalized spacial score (nSPS) is 25.6. The quantitative estimate of drug-likeness (QED) is 0.709. The third kappa shape index (κ3) is 3.88. The van der Waals surface area contributed by atoms with Gasteiger partial charge in [-0.05, 0) is 12.8 Å². The molecule has 0 aromatic carbocycles. The van der Waals surface area contributed by atoms with Gasteiger partial charge in [0.2, 0.25) is 0 Å². The number of hydrogen-bond acceptors (Lipinski definition) is 4. The minimum atomic E-state index is -0.202. The summed E-state index contributed by atoms with van der Waals surface area (Å²) in [6.07, 6.45) is 4.72. The highest BCUT2D eigenvalue weighted by Crippen LogP contribution is 2.23. The number of hydrogen-bond donors (Lipinski definition) is 1. The zero-order valence-corrected chi connectivity index (χ0v) is 9.16. The summed E-state index contributed by atoms with van der Waals surface area (Å²) in [5.41, 5.74) is 0. The van der Waals surface area contributed by atoms with Crippen LogP contribution in [0.4, 0.5) is 0 Å². The molecule has 1 saturated carbocycles. The zero-order valence-electron chi connectivity index (χ0n) is 9.16. The van der Waals surface area contributed by atoms with Crippen LogP contribution in [0.25, 0.3) is 0 Å². The van der Waals surface area contributed by atoms with Crippen molar-refractivity contribution in [3.63, 3.8) is 0 Å². The van der Waals surface area contributed by atoms with Crippen LogP contribution < -0.4 is 5.32 Å². The monoisotopic (exact) mass is 210 g/mol. The average Bonchev–Trinajstić information content (AvgIpc) is 2.29. The zero-order chi connectivity index (χ0) is 11.1. The molecule has 2 unspecified atom stereocenters. The van der Waals surface area contributed by atoms with Crippen LogP contribution in [0.1, 0.15) is 32.1 Å². The van der Waals surface area contributed by atoms with Crippen LogP contribution in [-0.2, 0) is 9.53 Å². The van der Waals surface area contributed by atoms with Gasteiger partial charge in [0.15, 0.2) is 0 Å². The minimum Gasteiger partial charge on any atom is -0.469 e. The highest BCUT2D eigenvalue weighted by Gasteiger charge is 2.24. The van der Waals surface area contributed by atoms with Gasteiger partial charge < -0.3 is 10.1 Å². The summed E-state index contributed by atoms with van der Waals surface area (Å²) in [6.45, 7) is 0.607. The van der Waals surface area contributed by atoms with Crippen molar-refractivity contribution in [2.75, 3.05) is 13.7 Å². The van der Waals surface area contributed by atoms with E-state index >= 15 is 0 Å². The Balaban J connectivity index is 2.24. The lowest BCUT2D eigenvalue weighted by atomic mass is 9.85. The van der Waals surface area contributed by atoms with Gasteiger partial charge in [0.1, 0.15) is 0 Å². The molecule has 4 nitrogen and oxygen atoms in total. The van der Waals surface area contributed by atoms with E-state index in [0.29, 0.717) is 13.0 Å². The van der Waals surface area contributed by atoms with Gasteiger partial charge in [-0.15, -0.1) is 0 Å². The summed E-state index contributed by atoms with van der Waals surface area (Å²) in [7, 11) is 1.39. The number of nitrogens with zero attached hydrogens (tertiary/aromatic N) is 1. The number of carbonyl (C=O) groups excluding carboxylic acids is 1. The van der Waals surface area contributed by atoms with Crippen molar-refractivity contribution in [2.45, 2.75) is 38.1 Å². The van der Waals surface area contributed by atoms with E-state index in [-0.39, 0.29) is 17.9 Å². The number of esters is 1. The lowest BCUT2D eigenvalue weighted by Crippen LogP contribution is -2.39. The van der Waals surface area contributed by atoms with Crippen LogP contribution >= 0.6 is 0 Å². The predicted molar refractivity (Wildman–Crippen MR) is 56.0 cm³/mol. The number of methoxy groups -OCH3 is 1. The molecule has 0 aliphatic heterocycles. The van der Waals surface area contributed by atoms with Crippen LogP contribution in [0.2, 0.25) is 0 Å². The Kier molecular flexibility index (Phi) is 5.13. The summed E-state index contributed by atoms with van der Waals surface area (Å²) < 4.78 is 4.55. The SMILES string of the molecule is COC(=O)CCNC1CCCCC1C#N. The van der Waals surface area contributed by atoms with Crippen LogP contribution in [-0.4, -0.2) is 25.7 Å². The van der Waals surface area contributed by atoms with Crippen molar-refractivity contribution in [3.05, 3.63) is 0 Å². The highest BCUT2D eigenvalue weighted by atomic mass is 16.5. The fourth-order valence-electron chi connectivity index (χ4n) is 1.99. The van der Waals surface area contributed by atoms with Crippen molar-refractivity contribution >= 4 is 5.97 Å². The van der Waals surface area contributed by atoms with Gasteiger partial charge in [0.05, 0.1) is 25.5 Å². The fraction of sp³-hybridized carbons (Fsp3) is 0.818. The number of nitriles is 1. The molecule has 1 aliphatic carbocycles. The maximum Gasteiger partial charge on any atom is 0.306 e. The van der Waals surface area contributed by atoms with Crippen molar-refractivity contribution < 1.29 is 9.53 Å². The first kappa shape index (κ1) is 12.0. The Morgan fingerprint density at radius 3 is 2.93 bits per heavy atom. The first-order valence-electron chi connectivity index (χ1n) is 5.47. The molecule has 0 aromatic rings. The van der Waals surface area contributed by atoms with E-state index in [1.807, 2.05) is 0 Å². The van der Waals surface area contributed by atoms with Crippen LogP contribution in [0.15, 0.2) is 0 Å². The Labute approximate surface area is 90.6 Å². The molecule has 0 bridgehead atoms. The average molecular weight is 210 g/mol. The van der Waals surface area contributed by atoms with Crippen LogP contribution in [0, 0.1) is 17.2 Å². The Morgan fingerprint density at radius 2 is 2.27 bits per heavy atom. The standard InChI is InChI=1S/C11H18N2O2/c1-15-11(14)6-7-13-10-5-3-2-4-9(10)8-12/h9-10,13H,2-7H2,1H3. The Hall–Kier alpha value is -1.08. The van der Waals surface area contributed by atoms with Gasteiger partial charge >= 0.3 is 5.97 Å². The number of rotatable bonds is 4. The Bertz CT molecular complexity index is 247. The molecule has 0 saturated heterocycles. The maximum absolute atomic E-state index is 10.9. The summed E-state index contributed by atoms with van der Waals surface area (Å²) in [5, 5.41) is 12.2. The molecule has 0 amide bonds. The molecule has 0 aromatic heterocycles. The van der Waals surface area contributed by atoms with Crippen molar-refractivity contribution in [2.24, 2.45) is 5.92 Å². The van der Waals surface area contributed by atoms with E-state index in [0.717, 1.165) is 19.3 Å². The third-order valence-corrected chi connectivity index (χ3v) is 2.90. The predicted octanol–water partition coefficient (Wildman–Crippen LogP) is 1.22. The van der Waals surface area contributed by atoms with Gasteiger partial charge in [-0.25, -0.2) is 0 Å². The molecule has 1 N–H and O–H groups in total. The van der Waals surface area contributed by atoms with E-state index in [2.05, 4.69) is 16.1 Å². The van der Waals surface area contributed by atoms with E-state index in [9.17, 15) is 4.79 Å². The van der Waals surface area contributed by atoms with Crippen LogP contribution in [0.3, 0.4) is 0 Å². The van der Waals surface area contributed by atoms with E-state index < -0.39 is 0 Å². The van der Waals surface area contributed by atoms with Crippen LogP contribution in [0.5, 0.6) is 0 Å². The number of nitrogens with one attached hydrogen (secondary N) is 1. The molecule has 0 heterocycles. The number of ether oxygens (including phenoxy) is 1. The second-order valence-electron chi connectivity index (χ2n) is 3.91. The van der Waals surface area contributed by atoms with Gasteiger partial charge in [0.25, 0.3) is 0 Å². The molecule has 15 heavy (non-hydrogen) atoms. The lowest BCUT2D eigenvalue weighted by molar-refractivity contribution is -0.140. The smallest absolute Gasteiger partial charge is 0.306 e. The van der Waals surface area contributed by atoms with Gasteiger partial charge in [0, 0.05) is 12.6 Å². The second-order valence-corrected chi connectivity index (χ2v) is 3.91.